The van der Waals surface area contributed by atoms with Crippen LogP contribution in [-0.4, -0.2) is 15.0 Å². The first-order valence-corrected chi connectivity index (χ1v) is 7.83. The summed E-state index contributed by atoms with van der Waals surface area (Å²) in [5.41, 5.74) is 1.78. The minimum atomic E-state index is -0.584. The Kier molecular flexibility index (Phi) is 4.14. The lowest BCUT2D eigenvalue weighted by Gasteiger charge is -2.02. The standard InChI is InChI=1S/C13H7BrClFN4S/c14-8-3-1-7(2-4-8)10-6-21-13(18-10)20-11-9(16)5-17-12(15)19-11/h1-6H,(H,17,18,19,20). The third kappa shape index (κ3) is 3.37. The summed E-state index contributed by atoms with van der Waals surface area (Å²) in [5.74, 6) is -0.577. The van der Waals surface area contributed by atoms with Gasteiger partial charge in [0, 0.05) is 15.4 Å². The molecule has 4 nitrogen and oxygen atoms in total. The Labute approximate surface area is 137 Å². The molecule has 0 atom stereocenters. The number of aromatic nitrogens is 3. The number of nitrogens with one attached hydrogen (secondary N) is 1. The monoisotopic (exact) mass is 384 g/mol. The maximum atomic E-state index is 13.6. The molecule has 0 radical (unpaired) electrons. The highest BCUT2D eigenvalue weighted by Gasteiger charge is 2.10. The zero-order valence-corrected chi connectivity index (χ0v) is 13.5. The van der Waals surface area contributed by atoms with Crippen molar-refractivity contribution in [2.45, 2.75) is 0 Å². The van der Waals surface area contributed by atoms with Crippen LogP contribution in [0.1, 0.15) is 0 Å². The molecule has 2 aromatic heterocycles. The molecule has 0 bridgehead atoms. The summed E-state index contributed by atoms with van der Waals surface area (Å²) < 4.78 is 14.6. The van der Waals surface area contributed by atoms with Crippen LogP contribution in [0.2, 0.25) is 5.28 Å². The summed E-state index contributed by atoms with van der Waals surface area (Å²) in [6, 6.07) is 7.77. The Morgan fingerprint density at radius 3 is 2.71 bits per heavy atom. The van der Waals surface area contributed by atoms with Gasteiger partial charge in [0.05, 0.1) is 11.9 Å². The number of anilines is 2. The maximum absolute atomic E-state index is 13.6. The molecule has 0 aliphatic carbocycles. The van der Waals surface area contributed by atoms with Crippen LogP contribution in [0.25, 0.3) is 11.3 Å². The van der Waals surface area contributed by atoms with E-state index >= 15 is 0 Å². The highest BCUT2D eigenvalue weighted by atomic mass is 79.9. The summed E-state index contributed by atoms with van der Waals surface area (Å²) >= 11 is 10.4. The highest BCUT2D eigenvalue weighted by Crippen LogP contribution is 2.28. The van der Waals surface area contributed by atoms with Gasteiger partial charge in [-0.3, -0.25) is 0 Å². The lowest BCUT2D eigenvalue weighted by molar-refractivity contribution is 0.619. The quantitative estimate of drug-likeness (QED) is 0.652. The van der Waals surface area contributed by atoms with Crippen LogP contribution in [0.4, 0.5) is 15.3 Å². The normalized spacial score (nSPS) is 10.6. The molecule has 0 aliphatic heterocycles. The maximum Gasteiger partial charge on any atom is 0.224 e. The molecule has 0 unspecified atom stereocenters. The molecule has 0 fully saturated rings. The SMILES string of the molecule is Fc1cnc(Cl)nc1Nc1nc(-c2ccc(Br)cc2)cs1. The van der Waals surface area contributed by atoms with Crippen molar-refractivity contribution < 1.29 is 4.39 Å². The van der Waals surface area contributed by atoms with Gasteiger partial charge in [0.1, 0.15) is 0 Å². The second-order valence-electron chi connectivity index (χ2n) is 4.01. The van der Waals surface area contributed by atoms with Crippen LogP contribution >= 0.6 is 38.9 Å². The topological polar surface area (TPSA) is 50.7 Å². The number of rotatable bonds is 3. The summed E-state index contributed by atoms with van der Waals surface area (Å²) in [6.45, 7) is 0. The zero-order valence-electron chi connectivity index (χ0n) is 10.3. The molecule has 2 heterocycles. The van der Waals surface area contributed by atoms with E-state index < -0.39 is 5.82 Å². The van der Waals surface area contributed by atoms with E-state index in [1.807, 2.05) is 29.6 Å². The van der Waals surface area contributed by atoms with Gasteiger partial charge in [0.25, 0.3) is 0 Å². The third-order valence-corrected chi connectivity index (χ3v) is 4.05. The first-order valence-electron chi connectivity index (χ1n) is 5.78. The lowest BCUT2D eigenvalue weighted by atomic mass is 10.2. The van der Waals surface area contributed by atoms with E-state index in [2.05, 4.69) is 36.2 Å². The van der Waals surface area contributed by atoms with E-state index in [1.165, 1.54) is 11.3 Å². The van der Waals surface area contributed by atoms with E-state index in [1.54, 1.807) is 0 Å². The first-order chi connectivity index (χ1) is 10.1. The molecule has 21 heavy (non-hydrogen) atoms. The average Bonchev–Trinajstić information content (AvgIpc) is 2.92. The van der Waals surface area contributed by atoms with Crippen molar-refractivity contribution in [2.75, 3.05) is 5.32 Å². The first kappa shape index (κ1) is 14.4. The van der Waals surface area contributed by atoms with Crippen LogP contribution in [0.3, 0.4) is 0 Å². The van der Waals surface area contributed by atoms with Crippen molar-refractivity contribution in [1.29, 1.82) is 0 Å². The second-order valence-corrected chi connectivity index (χ2v) is 6.12. The van der Waals surface area contributed by atoms with Crippen LogP contribution in [0, 0.1) is 5.82 Å². The Morgan fingerprint density at radius 1 is 1.19 bits per heavy atom. The van der Waals surface area contributed by atoms with Gasteiger partial charge in [0.2, 0.25) is 5.28 Å². The fourth-order valence-corrected chi connectivity index (χ4v) is 2.74. The van der Waals surface area contributed by atoms with Crippen molar-refractivity contribution in [3.05, 3.63) is 51.4 Å². The Hall–Kier alpha value is -1.57. The molecular formula is C13H7BrClFN4S. The van der Waals surface area contributed by atoms with Gasteiger partial charge in [-0.25, -0.2) is 14.4 Å². The fourth-order valence-electron chi connectivity index (χ4n) is 1.62. The largest absolute Gasteiger partial charge is 0.314 e. The molecule has 0 saturated heterocycles. The van der Waals surface area contributed by atoms with Crippen molar-refractivity contribution in [2.24, 2.45) is 0 Å². The molecular weight excluding hydrogens is 379 g/mol. The predicted molar refractivity (Wildman–Crippen MR) is 85.5 cm³/mol. The molecule has 0 amide bonds. The van der Waals surface area contributed by atoms with Gasteiger partial charge in [-0.2, -0.15) is 4.98 Å². The minimum Gasteiger partial charge on any atom is -0.314 e. The highest BCUT2D eigenvalue weighted by molar-refractivity contribution is 9.10. The molecule has 0 aliphatic rings. The average molecular weight is 386 g/mol. The Balaban J connectivity index is 1.85. The van der Waals surface area contributed by atoms with Crippen molar-refractivity contribution in [3.8, 4) is 11.3 Å². The third-order valence-electron chi connectivity index (χ3n) is 2.58. The Bertz CT molecular complexity index is 778. The van der Waals surface area contributed by atoms with Crippen LogP contribution < -0.4 is 5.32 Å². The number of halogens is 3. The summed E-state index contributed by atoms with van der Waals surface area (Å²) in [5, 5.41) is 5.19. The summed E-state index contributed by atoms with van der Waals surface area (Å²) in [4.78, 5) is 11.7. The molecule has 0 saturated carbocycles. The van der Waals surface area contributed by atoms with Gasteiger partial charge in [-0.05, 0) is 23.7 Å². The fraction of sp³-hybridized carbons (Fsp3) is 0. The van der Waals surface area contributed by atoms with E-state index in [0.29, 0.717) is 5.13 Å². The van der Waals surface area contributed by atoms with Gasteiger partial charge in [0.15, 0.2) is 16.8 Å². The minimum absolute atomic E-state index is 0.00621. The van der Waals surface area contributed by atoms with E-state index in [-0.39, 0.29) is 11.1 Å². The molecule has 106 valence electrons. The van der Waals surface area contributed by atoms with Crippen molar-refractivity contribution in [3.63, 3.8) is 0 Å². The van der Waals surface area contributed by atoms with Gasteiger partial charge >= 0.3 is 0 Å². The zero-order chi connectivity index (χ0) is 14.8. The summed E-state index contributed by atoms with van der Waals surface area (Å²) in [7, 11) is 0. The van der Waals surface area contributed by atoms with Crippen LogP contribution in [0.15, 0.2) is 40.3 Å². The number of nitrogens with zero attached hydrogens (tertiary/aromatic N) is 3. The lowest BCUT2D eigenvalue weighted by Crippen LogP contribution is -1.98. The number of hydrogen-bond acceptors (Lipinski definition) is 5. The molecule has 1 N–H and O–H groups in total. The molecule has 0 spiro atoms. The number of benzene rings is 1. The Morgan fingerprint density at radius 2 is 1.95 bits per heavy atom. The van der Waals surface area contributed by atoms with Gasteiger partial charge < -0.3 is 5.32 Å². The molecule has 8 heteroatoms. The van der Waals surface area contributed by atoms with Crippen molar-refractivity contribution >= 4 is 49.8 Å². The van der Waals surface area contributed by atoms with Crippen LogP contribution in [0.5, 0.6) is 0 Å². The van der Waals surface area contributed by atoms with Crippen molar-refractivity contribution in [1.82, 2.24) is 15.0 Å². The van der Waals surface area contributed by atoms with Gasteiger partial charge in [-0.15, -0.1) is 11.3 Å². The van der Waals surface area contributed by atoms with E-state index in [9.17, 15) is 4.39 Å². The van der Waals surface area contributed by atoms with E-state index in [0.717, 1.165) is 21.9 Å². The van der Waals surface area contributed by atoms with Crippen LogP contribution in [-0.2, 0) is 0 Å². The number of thiazole rings is 1. The smallest absolute Gasteiger partial charge is 0.224 e. The van der Waals surface area contributed by atoms with E-state index in [4.69, 9.17) is 11.6 Å². The molecule has 3 aromatic rings. The predicted octanol–water partition coefficient (Wildman–Crippen LogP) is 4.90. The van der Waals surface area contributed by atoms with Gasteiger partial charge in [-0.1, -0.05) is 28.1 Å². The molecule has 1 aromatic carbocycles. The second kappa shape index (κ2) is 6.05. The molecule has 3 rings (SSSR count). The number of hydrogen-bond donors (Lipinski definition) is 1. The summed E-state index contributed by atoms with van der Waals surface area (Å²) in [6.07, 6.45) is 1.01.